The molecule has 0 aliphatic carbocycles. The molecule has 0 aromatic carbocycles. The molecule has 1 fully saturated rings. The summed E-state index contributed by atoms with van der Waals surface area (Å²) in [5.74, 6) is 0.864. The topological polar surface area (TPSA) is 60.4 Å². The summed E-state index contributed by atoms with van der Waals surface area (Å²) in [6.07, 6.45) is 1.03. The molecule has 1 heterocycles. The molecule has 0 aromatic rings. The number of rotatable bonds is 7. The SMILES string of the molecule is CCCNC(=NCC(=O)N(C)C)N1CC(C)N(CCOC)C(C)C1. The summed E-state index contributed by atoms with van der Waals surface area (Å²) in [5, 5.41) is 3.39. The Morgan fingerprint density at radius 2 is 1.92 bits per heavy atom. The predicted octanol–water partition coefficient (Wildman–Crippen LogP) is 0.471. The summed E-state index contributed by atoms with van der Waals surface area (Å²) in [4.78, 5) is 22.7. The molecule has 0 bridgehead atoms. The first-order chi connectivity index (χ1) is 11.4. The third kappa shape index (κ3) is 6.28. The fourth-order valence-corrected chi connectivity index (χ4v) is 2.96. The number of likely N-dealkylation sites (N-methyl/N-ethyl adjacent to an activating group) is 1. The van der Waals surface area contributed by atoms with Crippen molar-refractivity contribution in [2.24, 2.45) is 4.99 Å². The Kier molecular flexibility index (Phi) is 9.07. The minimum Gasteiger partial charge on any atom is -0.383 e. The Morgan fingerprint density at radius 3 is 2.42 bits per heavy atom. The lowest BCUT2D eigenvalue weighted by Crippen LogP contribution is -2.60. The van der Waals surface area contributed by atoms with Gasteiger partial charge < -0.3 is 19.9 Å². The molecule has 7 nitrogen and oxygen atoms in total. The quantitative estimate of drug-likeness (QED) is 0.539. The van der Waals surface area contributed by atoms with Crippen LogP contribution in [0.25, 0.3) is 0 Å². The van der Waals surface area contributed by atoms with Gasteiger partial charge in [-0.2, -0.15) is 0 Å². The zero-order chi connectivity index (χ0) is 18.1. The number of hydrogen-bond donors (Lipinski definition) is 1. The van der Waals surface area contributed by atoms with Crippen LogP contribution < -0.4 is 5.32 Å². The minimum absolute atomic E-state index is 0.0191. The lowest BCUT2D eigenvalue weighted by atomic mass is 10.1. The number of ether oxygens (including phenoxy) is 1. The fourth-order valence-electron chi connectivity index (χ4n) is 2.96. The molecule has 1 rings (SSSR count). The number of carbonyl (C=O) groups excluding carboxylic acids is 1. The van der Waals surface area contributed by atoms with Crippen LogP contribution in [0.4, 0.5) is 0 Å². The molecule has 0 saturated carbocycles. The van der Waals surface area contributed by atoms with Crippen molar-refractivity contribution in [1.29, 1.82) is 0 Å². The minimum atomic E-state index is 0.0191. The van der Waals surface area contributed by atoms with Crippen molar-refractivity contribution in [1.82, 2.24) is 20.0 Å². The summed E-state index contributed by atoms with van der Waals surface area (Å²) >= 11 is 0. The molecule has 1 aliphatic rings. The largest absolute Gasteiger partial charge is 0.383 e. The third-order valence-electron chi connectivity index (χ3n) is 4.35. The number of nitrogens with one attached hydrogen (secondary N) is 1. The molecule has 7 heteroatoms. The Bertz CT molecular complexity index is 402. The molecule has 24 heavy (non-hydrogen) atoms. The highest BCUT2D eigenvalue weighted by molar-refractivity contribution is 5.85. The third-order valence-corrected chi connectivity index (χ3v) is 4.35. The van der Waals surface area contributed by atoms with Crippen molar-refractivity contribution >= 4 is 11.9 Å². The molecule has 2 atom stereocenters. The van der Waals surface area contributed by atoms with Crippen LogP contribution >= 0.6 is 0 Å². The van der Waals surface area contributed by atoms with E-state index in [4.69, 9.17) is 4.74 Å². The van der Waals surface area contributed by atoms with Gasteiger partial charge in [0.05, 0.1) is 6.61 Å². The second-order valence-corrected chi connectivity index (χ2v) is 6.69. The number of guanidine groups is 1. The highest BCUT2D eigenvalue weighted by Crippen LogP contribution is 2.15. The maximum Gasteiger partial charge on any atom is 0.243 e. The van der Waals surface area contributed by atoms with Gasteiger partial charge in [-0.05, 0) is 20.3 Å². The number of nitrogens with zero attached hydrogens (tertiary/aromatic N) is 4. The Labute approximate surface area is 147 Å². The van der Waals surface area contributed by atoms with Crippen molar-refractivity contribution in [2.75, 3.05) is 60.5 Å². The average Bonchev–Trinajstić information content (AvgIpc) is 2.53. The van der Waals surface area contributed by atoms with E-state index < -0.39 is 0 Å². The number of hydrogen-bond acceptors (Lipinski definition) is 4. The summed E-state index contributed by atoms with van der Waals surface area (Å²) in [7, 11) is 5.26. The maximum atomic E-state index is 11.9. The maximum absolute atomic E-state index is 11.9. The predicted molar refractivity (Wildman–Crippen MR) is 98.4 cm³/mol. The fraction of sp³-hybridized carbons (Fsp3) is 0.882. The van der Waals surface area contributed by atoms with Crippen LogP contribution in [0.5, 0.6) is 0 Å². The van der Waals surface area contributed by atoms with Crippen molar-refractivity contribution in [3.8, 4) is 0 Å². The van der Waals surface area contributed by atoms with Gasteiger partial charge in [0.2, 0.25) is 5.91 Å². The van der Waals surface area contributed by atoms with E-state index in [-0.39, 0.29) is 12.5 Å². The number of carbonyl (C=O) groups is 1. The van der Waals surface area contributed by atoms with Crippen LogP contribution in [-0.4, -0.2) is 99.2 Å². The molecule has 0 radical (unpaired) electrons. The average molecular weight is 342 g/mol. The van der Waals surface area contributed by atoms with E-state index in [0.717, 1.165) is 45.2 Å². The van der Waals surface area contributed by atoms with E-state index in [2.05, 4.69) is 40.9 Å². The number of amides is 1. The van der Waals surface area contributed by atoms with E-state index in [0.29, 0.717) is 12.1 Å². The highest BCUT2D eigenvalue weighted by atomic mass is 16.5. The molecular formula is C17H35N5O2. The molecule has 0 aromatic heterocycles. The van der Waals surface area contributed by atoms with Gasteiger partial charge in [0.15, 0.2) is 5.96 Å². The lowest BCUT2D eigenvalue weighted by molar-refractivity contribution is -0.127. The van der Waals surface area contributed by atoms with Gasteiger partial charge in [0.1, 0.15) is 6.54 Å². The van der Waals surface area contributed by atoms with E-state index in [1.807, 2.05) is 0 Å². The van der Waals surface area contributed by atoms with E-state index in [1.165, 1.54) is 0 Å². The number of aliphatic imine (C=N–C) groups is 1. The summed E-state index contributed by atoms with van der Waals surface area (Å²) in [6.45, 7) is 11.2. The molecule has 1 aliphatic heterocycles. The van der Waals surface area contributed by atoms with Gasteiger partial charge in [-0.3, -0.25) is 9.69 Å². The second-order valence-electron chi connectivity index (χ2n) is 6.69. The molecule has 1 N–H and O–H groups in total. The van der Waals surface area contributed by atoms with Crippen LogP contribution in [0, 0.1) is 0 Å². The zero-order valence-corrected chi connectivity index (χ0v) is 16.2. The van der Waals surface area contributed by atoms with Crippen molar-refractivity contribution < 1.29 is 9.53 Å². The molecule has 1 saturated heterocycles. The van der Waals surface area contributed by atoms with Gasteiger partial charge >= 0.3 is 0 Å². The second kappa shape index (κ2) is 10.5. The van der Waals surface area contributed by atoms with E-state index >= 15 is 0 Å². The Balaban J connectivity index is 2.76. The number of methoxy groups -OCH3 is 1. The van der Waals surface area contributed by atoms with E-state index in [1.54, 1.807) is 26.1 Å². The van der Waals surface area contributed by atoms with Crippen molar-refractivity contribution in [3.63, 3.8) is 0 Å². The summed E-state index contributed by atoms with van der Waals surface area (Å²) in [6, 6.07) is 0.837. The van der Waals surface area contributed by atoms with Crippen LogP contribution in [0.15, 0.2) is 4.99 Å². The van der Waals surface area contributed by atoms with Gasteiger partial charge in [0.25, 0.3) is 0 Å². The van der Waals surface area contributed by atoms with Gasteiger partial charge in [-0.1, -0.05) is 6.92 Å². The molecule has 1 amide bonds. The molecule has 0 spiro atoms. The van der Waals surface area contributed by atoms with Gasteiger partial charge in [-0.15, -0.1) is 0 Å². The Hall–Kier alpha value is -1.34. The van der Waals surface area contributed by atoms with Gasteiger partial charge in [-0.25, -0.2) is 4.99 Å². The van der Waals surface area contributed by atoms with Crippen molar-refractivity contribution in [2.45, 2.75) is 39.3 Å². The van der Waals surface area contributed by atoms with Crippen LogP contribution in [0.1, 0.15) is 27.2 Å². The lowest BCUT2D eigenvalue weighted by Gasteiger charge is -2.45. The summed E-state index contributed by atoms with van der Waals surface area (Å²) < 4.78 is 5.22. The van der Waals surface area contributed by atoms with Gasteiger partial charge in [0, 0.05) is 59.5 Å². The molecule has 140 valence electrons. The smallest absolute Gasteiger partial charge is 0.243 e. The first kappa shape index (κ1) is 20.7. The normalized spacial score (nSPS) is 22.6. The molecular weight excluding hydrogens is 306 g/mol. The first-order valence-electron chi connectivity index (χ1n) is 8.88. The van der Waals surface area contributed by atoms with Crippen LogP contribution in [0.3, 0.4) is 0 Å². The van der Waals surface area contributed by atoms with Crippen LogP contribution in [-0.2, 0) is 9.53 Å². The number of piperazine rings is 1. The molecule has 2 unspecified atom stereocenters. The van der Waals surface area contributed by atoms with Crippen LogP contribution in [0.2, 0.25) is 0 Å². The first-order valence-corrected chi connectivity index (χ1v) is 8.88. The standard InChI is InChI=1S/C17H35N5O2/c1-7-8-18-17(19-11-16(23)20(4)5)21-12-14(2)22(9-10-24-6)15(3)13-21/h14-15H,7-13H2,1-6H3,(H,18,19). The monoisotopic (exact) mass is 341 g/mol. The van der Waals surface area contributed by atoms with Crippen molar-refractivity contribution in [3.05, 3.63) is 0 Å². The highest BCUT2D eigenvalue weighted by Gasteiger charge is 2.30. The zero-order valence-electron chi connectivity index (χ0n) is 16.2. The summed E-state index contributed by atoms with van der Waals surface area (Å²) in [5.41, 5.74) is 0. The van der Waals surface area contributed by atoms with E-state index in [9.17, 15) is 4.79 Å². The Morgan fingerprint density at radius 1 is 1.29 bits per heavy atom.